The Balaban J connectivity index is 0.000000175. The fraction of sp³-hybridized carbons (Fsp3) is 0.281. The first kappa shape index (κ1) is 102. The summed E-state index contributed by atoms with van der Waals surface area (Å²) in [7, 11) is 0. The Morgan fingerprint density at radius 1 is 0.399 bits per heavy atom. The minimum Gasteiger partial charge on any atom is -0.396 e. The van der Waals surface area contributed by atoms with Gasteiger partial charge in [-0.15, -0.1) is 0 Å². The van der Waals surface area contributed by atoms with E-state index in [9.17, 15) is 70.9 Å². The van der Waals surface area contributed by atoms with Crippen LogP contribution in [0, 0.1) is 95.5 Å². The number of rotatable bonds is 15. The number of nitrogens with two attached hydrogens (primary N) is 3. The Labute approximate surface area is 825 Å². The van der Waals surface area contributed by atoms with Gasteiger partial charge in [-0.25, -0.2) is 45.7 Å². The number of carbonyl (C=O) groups is 3. The Hall–Kier alpha value is -13.1. The molecule has 3 aliphatic rings. The van der Waals surface area contributed by atoms with Gasteiger partial charge in [0.05, 0.1) is 126 Å². The van der Waals surface area contributed by atoms with Crippen molar-refractivity contribution in [3.63, 3.8) is 0 Å². The molecule has 3 amide bonds. The molecule has 714 valence electrons. The molecule has 0 saturated carbocycles. The van der Waals surface area contributed by atoms with Crippen LogP contribution in [0.3, 0.4) is 0 Å². The smallest absolute Gasteiger partial charge is 0.276 e. The Morgan fingerprint density at radius 2 is 0.652 bits per heavy atom. The summed E-state index contributed by atoms with van der Waals surface area (Å²) >= 11 is 50.9. The molecule has 6 N–H and O–H groups in total. The van der Waals surface area contributed by atoms with Crippen LogP contribution in [-0.2, 0) is 14.4 Å². The van der Waals surface area contributed by atoms with Crippen molar-refractivity contribution in [1.82, 2.24) is 58.3 Å². The third-order valence-electron chi connectivity index (χ3n) is 24.2. The number of fused-ring (bicyclic) bond motifs is 3. The molecule has 3 atom stereocenters. The number of hydrogen-bond acceptors (Lipinski definition) is 21. The lowest BCUT2D eigenvalue weighted by atomic mass is 10.0. The zero-order valence-electron chi connectivity index (χ0n) is 75.8. The van der Waals surface area contributed by atoms with Crippen LogP contribution < -0.4 is 48.6 Å². The molecular weight excluding hydrogens is 1960 g/mol. The average molecular weight is 2040 g/mol. The van der Waals surface area contributed by atoms with Crippen molar-refractivity contribution in [3.05, 3.63) is 255 Å². The van der Waals surface area contributed by atoms with E-state index in [1.54, 1.807) is 77.2 Å². The zero-order valence-corrected chi connectivity index (χ0v) is 81.8. The maximum Gasteiger partial charge on any atom is 0.276 e. The number of aromatic nitrogens is 9. The van der Waals surface area contributed by atoms with E-state index in [0.717, 1.165) is 0 Å². The molecule has 0 aliphatic carbocycles. The van der Waals surface area contributed by atoms with Crippen LogP contribution in [-0.4, -0.2) is 153 Å². The second kappa shape index (κ2) is 40.5. The number of nitrogens with zero attached hydrogens (tertiary/aromatic N) is 18. The number of hydrogen-bond donors (Lipinski definition) is 3. The Bertz CT molecular complexity index is 6790. The number of pyridine rings is 9. The maximum absolute atomic E-state index is 15.5. The summed E-state index contributed by atoms with van der Waals surface area (Å²) in [6, 6.07) is 14.7. The van der Waals surface area contributed by atoms with Crippen molar-refractivity contribution in [2.24, 2.45) is 0 Å². The van der Waals surface area contributed by atoms with E-state index in [2.05, 4.69) is 51.8 Å². The number of amides is 3. The largest absolute Gasteiger partial charge is 0.396 e. The molecule has 0 bridgehead atoms. The number of anilines is 6. The molecule has 0 radical (unpaired) electrons. The summed E-state index contributed by atoms with van der Waals surface area (Å²) in [5.41, 5.74) is 16.2. The van der Waals surface area contributed by atoms with Crippen molar-refractivity contribution >= 4 is 178 Å². The quantitative estimate of drug-likeness (QED) is 0.0282. The second-order valence-electron chi connectivity index (χ2n) is 33.8. The minimum atomic E-state index is -1.68. The molecule has 3 aromatic carbocycles. The van der Waals surface area contributed by atoms with E-state index in [1.165, 1.54) is 50.1 Å². The number of nitrogen functional groups attached to an aromatic ring is 3. The second-order valence-corrected chi connectivity index (χ2v) is 36.9. The van der Waals surface area contributed by atoms with Gasteiger partial charge in [0.15, 0.2) is 40.7 Å². The van der Waals surface area contributed by atoms with Gasteiger partial charge in [-0.3, -0.25) is 57.4 Å². The van der Waals surface area contributed by atoms with Crippen LogP contribution in [0.5, 0.6) is 0 Å². The predicted molar refractivity (Wildman–Crippen MR) is 526 cm³/mol. The average Bonchev–Trinajstić information content (AvgIpc) is 0.726. The summed E-state index contributed by atoms with van der Waals surface area (Å²) < 4.78 is 107. The number of benzene rings is 3. The first-order valence-corrected chi connectivity index (χ1v) is 45.6. The van der Waals surface area contributed by atoms with Gasteiger partial charge in [-0.1, -0.05) is 154 Å². The van der Waals surface area contributed by atoms with Gasteiger partial charge in [-0.2, -0.15) is 15.8 Å². The van der Waals surface area contributed by atoms with E-state index in [-0.39, 0.29) is 193 Å². The number of carbonyl (C=O) groups excluding carboxylic acids is 3. The minimum absolute atomic E-state index is 0.0324. The van der Waals surface area contributed by atoms with Crippen LogP contribution >= 0.6 is 92.8 Å². The van der Waals surface area contributed by atoms with E-state index >= 15 is 4.39 Å². The van der Waals surface area contributed by atoms with E-state index in [4.69, 9.17) is 120 Å². The highest BCUT2D eigenvalue weighted by Crippen LogP contribution is 2.50. The fourth-order valence-electron chi connectivity index (χ4n) is 17.6. The van der Waals surface area contributed by atoms with Crippen molar-refractivity contribution in [3.8, 4) is 69.0 Å². The normalized spacial score (nSPS) is 15.0. The van der Waals surface area contributed by atoms with Gasteiger partial charge >= 0.3 is 0 Å². The summed E-state index contributed by atoms with van der Waals surface area (Å²) in [5.74, 6) is -11.6. The molecular formula is C96H84Cl8F7N21O6. The standard InChI is InChI=1S/2C32H28Cl3F2N7O2.C32H28Cl2F3N7O2/c2*1-6-20(45)43-10-9-42(13-16(43)5)30-17-11-19(33)28(21-22(34)23(35)24(36)25(37)26(21)39)41-31(17)44(32(46)18(30)12-38)29-15(4)7-8-40-27(29)14(2)3;1-6-20(45)43-10-9-42(13-16(43)5)30-17-11-19(33)28(21-23(35)22(34)24(36)25(37)26(21)39)41-31(17)44(32(46)18(30)12-38)29-15(4)7-8-40-27(29)14(2)3/h3*6-8,11,14,16H,1,9-10,13,39H2,2-5H3/t3*16-/m111/s1. The Kier molecular flexibility index (Phi) is 30.1. The van der Waals surface area contributed by atoms with E-state index in [0.29, 0.717) is 74.7 Å². The molecule has 12 heterocycles. The molecule has 0 unspecified atom stereocenters. The summed E-state index contributed by atoms with van der Waals surface area (Å²) in [6.07, 6.45) is 8.50. The number of halogens is 15. The highest BCUT2D eigenvalue weighted by molar-refractivity contribution is 6.46. The van der Waals surface area contributed by atoms with Gasteiger partial charge in [0.25, 0.3) is 16.7 Å². The predicted octanol–water partition coefficient (Wildman–Crippen LogP) is 19.9. The van der Waals surface area contributed by atoms with Gasteiger partial charge in [0.1, 0.15) is 56.9 Å². The first-order chi connectivity index (χ1) is 65.2. The molecule has 3 aliphatic heterocycles. The molecule has 12 aromatic rings. The summed E-state index contributed by atoms with van der Waals surface area (Å²) in [4.78, 5) is 119. The van der Waals surface area contributed by atoms with Crippen LogP contribution in [0.1, 0.15) is 131 Å². The first-order valence-electron chi connectivity index (χ1n) is 42.6. The summed E-state index contributed by atoms with van der Waals surface area (Å²) in [5, 5.41) is 28.3. The molecule has 3 fully saturated rings. The lowest BCUT2D eigenvalue weighted by Gasteiger charge is -2.41. The van der Waals surface area contributed by atoms with Crippen LogP contribution in [0.2, 0.25) is 40.2 Å². The maximum atomic E-state index is 15.5. The van der Waals surface area contributed by atoms with Gasteiger partial charge in [0, 0.05) is 123 Å². The molecule has 42 heteroatoms. The highest BCUT2D eigenvalue weighted by atomic mass is 35.5. The van der Waals surface area contributed by atoms with E-state index < -0.39 is 111 Å². The third-order valence-corrected chi connectivity index (χ3v) is 27.0. The number of piperazine rings is 3. The van der Waals surface area contributed by atoms with Gasteiger partial charge in [0.2, 0.25) is 17.7 Å². The van der Waals surface area contributed by atoms with Gasteiger partial charge in [-0.05, 0) is 131 Å². The monoisotopic (exact) mass is 2040 g/mol. The molecule has 3 saturated heterocycles. The lowest BCUT2D eigenvalue weighted by Crippen LogP contribution is -2.54. The van der Waals surface area contributed by atoms with Crippen molar-refractivity contribution in [1.29, 1.82) is 15.8 Å². The van der Waals surface area contributed by atoms with E-state index in [1.807, 2.05) is 78.2 Å². The van der Waals surface area contributed by atoms with Crippen molar-refractivity contribution < 1.29 is 45.1 Å². The molecule has 0 spiro atoms. The number of nitriles is 3. The molecule has 15 rings (SSSR count). The topological polar surface area (TPSA) is 363 Å². The molecule has 138 heavy (non-hydrogen) atoms. The van der Waals surface area contributed by atoms with Crippen LogP contribution in [0.15, 0.2) is 107 Å². The van der Waals surface area contributed by atoms with Crippen molar-refractivity contribution in [2.75, 3.05) is 90.8 Å². The van der Waals surface area contributed by atoms with Crippen LogP contribution in [0.25, 0.3) is 83.9 Å². The fourth-order valence-corrected chi connectivity index (χ4v) is 19.4. The highest BCUT2D eigenvalue weighted by Gasteiger charge is 2.40. The number of aryl methyl sites for hydroxylation is 3. The zero-order chi connectivity index (χ0) is 101. The SMILES string of the molecule is C=CC(=O)N1CCN(c2c(C#N)c(=O)n(-c3c(C)ccnc3C(C)C)c3nc(-c4c(N)c(F)c(F)c(Cl)c4Cl)c(Cl)cc23)C[C@H]1C.C=CC(=O)N1CCN(c2c(C#N)c(=O)n(-c3c(C)ccnc3C(C)C)c3nc(-c4c(N)c(F)c(F)c(Cl)c4Cl)c(Cl)cc23)C[C@H]1C.C=CC(=O)N1CCN(c2c(C#N)c(=O)n(-c3c(C)ccnc3C(C)C)c3nc(-c4c(N)c(F)c(F)c(Cl)c4F)c(Cl)cc23)C[C@H]1C. The van der Waals surface area contributed by atoms with Gasteiger partial charge < -0.3 is 46.6 Å². The third kappa shape index (κ3) is 17.9. The van der Waals surface area contributed by atoms with Crippen LogP contribution in [0.4, 0.5) is 64.9 Å². The summed E-state index contributed by atoms with van der Waals surface area (Å²) in [6.45, 7) is 35.3. The Morgan fingerprint density at radius 3 is 0.899 bits per heavy atom. The molecule has 9 aromatic heterocycles. The molecule has 27 nitrogen and oxygen atoms in total. The lowest BCUT2D eigenvalue weighted by molar-refractivity contribution is -0.129. The van der Waals surface area contributed by atoms with Crippen molar-refractivity contribution in [2.45, 2.75) is 119 Å².